The first-order valence-electron chi connectivity index (χ1n) is 6.11. The van der Waals surface area contributed by atoms with Gasteiger partial charge in [0.15, 0.2) is 0 Å². The third-order valence-corrected chi connectivity index (χ3v) is 2.75. The molecule has 0 spiro atoms. The molecule has 0 aliphatic carbocycles. The Bertz CT molecular complexity index is 389. The van der Waals surface area contributed by atoms with E-state index < -0.39 is 0 Å². The van der Waals surface area contributed by atoms with Crippen LogP contribution >= 0.6 is 0 Å². The van der Waals surface area contributed by atoms with Gasteiger partial charge in [0.25, 0.3) is 0 Å². The number of rotatable bonds is 7. The second-order valence-electron chi connectivity index (χ2n) is 4.52. The van der Waals surface area contributed by atoms with Crippen LogP contribution in [0.5, 0.6) is 0 Å². The third-order valence-electron chi connectivity index (χ3n) is 2.75. The van der Waals surface area contributed by atoms with Crippen molar-refractivity contribution in [3.05, 3.63) is 12.2 Å². The van der Waals surface area contributed by atoms with Gasteiger partial charge >= 0.3 is 0 Å². The van der Waals surface area contributed by atoms with Gasteiger partial charge in [-0.2, -0.15) is 5.10 Å². The van der Waals surface area contributed by atoms with E-state index >= 15 is 0 Å². The number of hydrogen-bond acceptors (Lipinski definition) is 5. The molecule has 1 unspecified atom stereocenters. The summed E-state index contributed by atoms with van der Waals surface area (Å²) in [5.74, 6) is 1.19. The number of nitrogens with two attached hydrogens (primary N) is 1. The van der Waals surface area contributed by atoms with Crippen LogP contribution in [0, 0.1) is 5.92 Å². The monoisotopic (exact) mass is 254 g/mol. The minimum Gasteiger partial charge on any atom is -0.409 e. The van der Waals surface area contributed by atoms with Crippen molar-refractivity contribution in [2.75, 3.05) is 13.6 Å². The number of aromatic nitrogens is 3. The molecule has 0 bridgehead atoms. The van der Waals surface area contributed by atoms with Gasteiger partial charge in [-0.25, -0.2) is 9.67 Å². The lowest BCUT2D eigenvalue weighted by atomic mass is 10.1. The van der Waals surface area contributed by atoms with Gasteiger partial charge < -0.3 is 10.9 Å². The van der Waals surface area contributed by atoms with Gasteiger partial charge in [0.1, 0.15) is 18.0 Å². The van der Waals surface area contributed by atoms with Crippen molar-refractivity contribution in [3.63, 3.8) is 0 Å². The van der Waals surface area contributed by atoms with Crippen LogP contribution in [0.4, 0.5) is 0 Å². The molecule has 102 valence electrons. The van der Waals surface area contributed by atoms with E-state index in [0.29, 0.717) is 13.1 Å². The molecule has 7 nitrogen and oxygen atoms in total. The lowest BCUT2D eigenvalue weighted by Crippen LogP contribution is -2.33. The SMILES string of the molecule is CCCn1ncnc1CN(C)CC(C)C(N)=NO. The fraction of sp³-hybridized carbons (Fsp3) is 0.727. The molecular formula is C11H22N6O. The largest absolute Gasteiger partial charge is 0.409 e. The molecule has 0 radical (unpaired) electrons. The van der Waals surface area contributed by atoms with E-state index in [1.807, 2.05) is 18.7 Å². The molecule has 1 rings (SSSR count). The van der Waals surface area contributed by atoms with Crippen LogP contribution in [0.25, 0.3) is 0 Å². The molecule has 1 aromatic rings. The van der Waals surface area contributed by atoms with Crippen LogP contribution in [-0.4, -0.2) is 44.3 Å². The summed E-state index contributed by atoms with van der Waals surface area (Å²) in [5, 5.41) is 15.8. The lowest BCUT2D eigenvalue weighted by molar-refractivity contribution is 0.281. The van der Waals surface area contributed by atoms with E-state index in [0.717, 1.165) is 18.8 Å². The minimum atomic E-state index is 0.00236. The van der Waals surface area contributed by atoms with Crippen molar-refractivity contribution >= 4 is 5.84 Å². The van der Waals surface area contributed by atoms with Crippen LogP contribution in [0.3, 0.4) is 0 Å². The summed E-state index contributed by atoms with van der Waals surface area (Å²) in [6, 6.07) is 0. The molecule has 0 saturated carbocycles. The van der Waals surface area contributed by atoms with Crippen molar-refractivity contribution < 1.29 is 5.21 Å². The second kappa shape index (κ2) is 6.95. The summed E-state index contributed by atoms with van der Waals surface area (Å²) >= 11 is 0. The smallest absolute Gasteiger partial charge is 0.143 e. The van der Waals surface area contributed by atoms with E-state index in [1.165, 1.54) is 0 Å². The Hall–Kier alpha value is -1.63. The maximum absolute atomic E-state index is 8.61. The van der Waals surface area contributed by atoms with Gasteiger partial charge in [0.05, 0.1) is 6.54 Å². The predicted molar refractivity (Wildman–Crippen MR) is 69.2 cm³/mol. The molecule has 0 aliphatic heterocycles. The first-order valence-corrected chi connectivity index (χ1v) is 6.11. The lowest BCUT2D eigenvalue weighted by Gasteiger charge is -2.20. The molecule has 1 atom stereocenters. The molecule has 0 aliphatic rings. The second-order valence-corrected chi connectivity index (χ2v) is 4.52. The summed E-state index contributed by atoms with van der Waals surface area (Å²) in [5.41, 5.74) is 5.56. The fourth-order valence-corrected chi connectivity index (χ4v) is 1.77. The molecule has 0 amide bonds. The Morgan fingerprint density at radius 1 is 1.67 bits per heavy atom. The van der Waals surface area contributed by atoms with E-state index in [1.54, 1.807) is 6.33 Å². The maximum atomic E-state index is 8.61. The Morgan fingerprint density at radius 2 is 2.39 bits per heavy atom. The zero-order valence-corrected chi connectivity index (χ0v) is 11.2. The van der Waals surface area contributed by atoms with Crippen molar-refractivity contribution in [3.8, 4) is 0 Å². The Morgan fingerprint density at radius 3 is 3.00 bits per heavy atom. The van der Waals surface area contributed by atoms with E-state index in [2.05, 4.69) is 27.1 Å². The highest BCUT2D eigenvalue weighted by atomic mass is 16.4. The summed E-state index contributed by atoms with van der Waals surface area (Å²) in [6.45, 7) is 6.30. The molecule has 1 heterocycles. The van der Waals surface area contributed by atoms with Crippen molar-refractivity contribution in [2.45, 2.75) is 33.4 Å². The summed E-state index contributed by atoms with van der Waals surface area (Å²) in [4.78, 5) is 6.33. The Labute approximate surface area is 107 Å². The van der Waals surface area contributed by atoms with E-state index in [-0.39, 0.29) is 11.8 Å². The summed E-state index contributed by atoms with van der Waals surface area (Å²) in [7, 11) is 1.98. The Balaban J connectivity index is 2.53. The summed E-state index contributed by atoms with van der Waals surface area (Å²) in [6.07, 6.45) is 2.60. The van der Waals surface area contributed by atoms with Crippen molar-refractivity contribution in [1.82, 2.24) is 19.7 Å². The van der Waals surface area contributed by atoms with Crippen molar-refractivity contribution in [1.29, 1.82) is 0 Å². The predicted octanol–water partition coefficient (Wildman–Crippen LogP) is 0.502. The highest BCUT2D eigenvalue weighted by Gasteiger charge is 2.13. The fourth-order valence-electron chi connectivity index (χ4n) is 1.77. The van der Waals surface area contributed by atoms with Gasteiger partial charge in [-0.15, -0.1) is 0 Å². The van der Waals surface area contributed by atoms with Gasteiger partial charge in [-0.3, -0.25) is 4.90 Å². The molecular weight excluding hydrogens is 232 g/mol. The number of hydrogen-bond donors (Lipinski definition) is 2. The molecule has 0 aromatic carbocycles. The first kappa shape index (κ1) is 14.4. The van der Waals surface area contributed by atoms with Gasteiger partial charge in [0.2, 0.25) is 0 Å². The van der Waals surface area contributed by atoms with E-state index in [4.69, 9.17) is 10.9 Å². The molecule has 18 heavy (non-hydrogen) atoms. The molecule has 3 N–H and O–H groups in total. The zero-order chi connectivity index (χ0) is 13.5. The number of nitrogens with zero attached hydrogens (tertiary/aromatic N) is 5. The van der Waals surface area contributed by atoms with Crippen molar-refractivity contribution in [2.24, 2.45) is 16.8 Å². The van der Waals surface area contributed by atoms with Crippen LogP contribution in [0.2, 0.25) is 0 Å². The first-order chi connectivity index (χ1) is 8.58. The average molecular weight is 254 g/mol. The minimum absolute atomic E-state index is 0.00236. The molecule has 0 saturated heterocycles. The van der Waals surface area contributed by atoms with Gasteiger partial charge in [-0.1, -0.05) is 19.0 Å². The molecule has 1 aromatic heterocycles. The number of amidine groups is 1. The summed E-state index contributed by atoms with van der Waals surface area (Å²) < 4.78 is 1.91. The highest BCUT2D eigenvalue weighted by Crippen LogP contribution is 2.04. The van der Waals surface area contributed by atoms with Crippen LogP contribution < -0.4 is 5.73 Å². The molecule has 7 heteroatoms. The van der Waals surface area contributed by atoms with Gasteiger partial charge in [-0.05, 0) is 13.5 Å². The van der Waals surface area contributed by atoms with Crippen LogP contribution in [0.1, 0.15) is 26.1 Å². The van der Waals surface area contributed by atoms with E-state index in [9.17, 15) is 0 Å². The van der Waals surface area contributed by atoms with Crippen LogP contribution in [0.15, 0.2) is 11.5 Å². The van der Waals surface area contributed by atoms with Crippen LogP contribution in [-0.2, 0) is 13.1 Å². The third kappa shape index (κ3) is 3.99. The topological polar surface area (TPSA) is 92.6 Å². The quantitative estimate of drug-likeness (QED) is 0.320. The average Bonchev–Trinajstić information content (AvgIpc) is 2.75. The van der Waals surface area contributed by atoms with Gasteiger partial charge in [0, 0.05) is 19.0 Å². The maximum Gasteiger partial charge on any atom is 0.143 e. The number of oxime groups is 1. The Kier molecular flexibility index (Phi) is 5.57. The molecule has 0 fully saturated rings. The standard InChI is InChI=1S/C11H22N6O/c1-4-5-17-10(13-8-14-17)7-16(3)6-9(2)11(12)15-18/h8-9,18H,4-7H2,1-3H3,(H2,12,15). The highest BCUT2D eigenvalue weighted by molar-refractivity contribution is 5.82. The normalized spacial score (nSPS) is 14.1. The zero-order valence-electron chi connectivity index (χ0n) is 11.2. The number of aryl methyl sites for hydroxylation is 1.